The standard InChI is InChI=1S/C19H24N2O5/c1-23-15-7-5-13(6-8-15)20-10-9-18(22)21-14-11-16(24-2)19(26-4)17(12-14)25-3/h5-8,11-12,20H,9-10H2,1-4H3,(H,21,22). The van der Waals surface area contributed by atoms with E-state index >= 15 is 0 Å². The Bertz CT molecular complexity index is 706. The third-order valence-electron chi connectivity index (χ3n) is 3.72. The predicted octanol–water partition coefficient (Wildman–Crippen LogP) is 3.16. The number of amides is 1. The molecule has 0 saturated carbocycles. The van der Waals surface area contributed by atoms with Crippen molar-refractivity contribution in [3.05, 3.63) is 36.4 Å². The van der Waals surface area contributed by atoms with Crippen LogP contribution in [0.2, 0.25) is 0 Å². The molecule has 0 saturated heterocycles. The third-order valence-corrected chi connectivity index (χ3v) is 3.72. The van der Waals surface area contributed by atoms with Gasteiger partial charge < -0.3 is 29.6 Å². The Morgan fingerprint density at radius 2 is 1.46 bits per heavy atom. The van der Waals surface area contributed by atoms with E-state index in [0.29, 0.717) is 35.9 Å². The van der Waals surface area contributed by atoms with Crippen LogP contribution in [-0.4, -0.2) is 40.9 Å². The molecule has 0 aromatic heterocycles. The first-order valence-electron chi connectivity index (χ1n) is 8.09. The molecule has 0 radical (unpaired) electrons. The summed E-state index contributed by atoms with van der Waals surface area (Å²) in [7, 11) is 6.21. The van der Waals surface area contributed by atoms with Crippen molar-refractivity contribution in [1.82, 2.24) is 0 Å². The maximum atomic E-state index is 12.2. The summed E-state index contributed by atoms with van der Waals surface area (Å²) < 4.78 is 20.9. The molecule has 0 spiro atoms. The molecule has 2 aromatic carbocycles. The number of rotatable bonds is 9. The highest BCUT2D eigenvalue weighted by Crippen LogP contribution is 2.39. The maximum Gasteiger partial charge on any atom is 0.226 e. The first kappa shape index (κ1) is 19.2. The molecule has 0 aliphatic carbocycles. The molecule has 2 N–H and O–H groups in total. The highest BCUT2D eigenvalue weighted by Gasteiger charge is 2.14. The van der Waals surface area contributed by atoms with Crippen LogP contribution in [0.15, 0.2) is 36.4 Å². The van der Waals surface area contributed by atoms with Gasteiger partial charge in [-0.3, -0.25) is 4.79 Å². The lowest BCUT2D eigenvalue weighted by Gasteiger charge is -2.14. The van der Waals surface area contributed by atoms with Crippen LogP contribution in [0.1, 0.15) is 6.42 Å². The van der Waals surface area contributed by atoms with Gasteiger partial charge in [0.15, 0.2) is 11.5 Å². The lowest BCUT2D eigenvalue weighted by molar-refractivity contribution is -0.115. The van der Waals surface area contributed by atoms with Crippen LogP contribution in [0.25, 0.3) is 0 Å². The minimum absolute atomic E-state index is 0.125. The maximum absolute atomic E-state index is 12.2. The molecular weight excluding hydrogens is 336 g/mol. The average Bonchev–Trinajstić information content (AvgIpc) is 2.67. The van der Waals surface area contributed by atoms with Crippen molar-refractivity contribution in [1.29, 1.82) is 0 Å². The van der Waals surface area contributed by atoms with Crippen LogP contribution >= 0.6 is 0 Å². The number of anilines is 2. The van der Waals surface area contributed by atoms with Gasteiger partial charge in [0.2, 0.25) is 11.7 Å². The number of methoxy groups -OCH3 is 4. The largest absolute Gasteiger partial charge is 0.497 e. The molecule has 7 heteroatoms. The van der Waals surface area contributed by atoms with E-state index in [-0.39, 0.29) is 5.91 Å². The summed E-state index contributed by atoms with van der Waals surface area (Å²) in [6, 6.07) is 10.9. The molecular formula is C19H24N2O5. The Balaban J connectivity index is 1.92. The van der Waals surface area contributed by atoms with Crippen LogP contribution in [0.3, 0.4) is 0 Å². The van der Waals surface area contributed by atoms with Gasteiger partial charge in [0.1, 0.15) is 5.75 Å². The number of carbonyl (C=O) groups excluding carboxylic acids is 1. The predicted molar refractivity (Wildman–Crippen MR) is 101 cm³/mol. The quantitative estimate of drug-likeness (QED) is 0.715. The molecule has 1 amide bonds. The first-order valence-corrected chi connectivity index (χ1v) is 8.09. The number of carbonyl (C=O) groups is 1. The van der Waals surface area contributed by atoms with Crippen LogP contribution in [-0.2, 0) is 4.79 Å². The van der Waals surface area contributed by atoms with Crippen molar-refractivity contribution >= 4 is 17.3 Å². The minimum atomic E-state index is -0.125. The summed E-state index contributed by atoms with van der Waals surface area (Å²) in [5, 5.41) is 6.02. The fourth-order valence-corrected chi connectivity index (χ4v) is 2.41. The fraction of sp³-hybridized carbons (Fsp3) is 0.316. The van der Waals surface area contributed by atoms with E-state index in [1.807, 2.05) is 24.3 Å². The Morgan fingerprint density at radius 3 is 1.96 bits per heavy atom. The van der Waals surface area contributed by atoms with Gasteiger partial charge >= 0.3 is 0 Å². The van der Waals surface area contributed by atoms with Gasteiger partial charge in [-0.25, -0.2) is 0 Å². The normalized spacial score (nSPS) is 10.0. The van der Waals surface area contributed by atoms with Crippen LogP contribution in [0, 0.1) is 0 Å². The average molecular weight is 360 g/mol. The van der Waals surface area contributed by atoms with Crippen molar-refractivity contribution in [2.75, 3.05) is 45.6 Å². The van der Waals surface area contributed by atoms with Crippen molar-refractivity contribution in [2.45, 2.75) is 6.42 Å². The number of nitrogens with one attached hydrogen (secondary N) is 2. The van der Waals surface area contributed by atoms with Gasteiger partial charge in [0.05, 0.1) is 28.4 Å². The lowest BCUT2D eigenvalue weighted by Crippen LogP contribution is -2.16. The van der Waals surface area contributed by atoms with Crippen molar-refractivity contribution in [3.63, 3.8) is 0 Å². The Kier molecular flexibility index (Phi) is 6.96. The van der Waals surface area contributed by atoms with E-state index in [1.165, 1.54) is 21.3 Å². The van der Waals surface area contributed by atoms with Gasteiger partial charge in [-0.2, -0.15) is 0 Å². The molecule has 0 unspecified atom stereocenters. The lowest BCUT2D eigenvalue weighted by atomic mass is 10.2. The second-order valence-corrected chi connectivity index (χ2v) is 5.37. The summed E-state index contributed by atoms with van der Waals surface area (Å²) >= 11 is 0. The molecule has 26 heavy (non-hydrogen) atoms. The fourth-order valence-electron chi connectivity index (χ4n) is 2.41. The zero-order valence-corrected chi connectivity index (χ0v) is 15.4. The summed E-state index contributed by atoms with van der Waals surface area (Å²) in [4.78, 5) is 12.2. The van der Waals surface area contributed by atoms with Crippen molar-refractivity contribution < 1.29 is 23.7 Å². The van der Waals surface area contributed by atoms with Crippen LogP contribution in [0.4, 0.5) is 11.4 Å². The van der Waals surface area contributed by atoms with Gasteiger partial charge in [-0.1, -0.05) is 0 Å². The second kappa shape index (κ2) is 9.41. The van der Waals surface area contributed by atoms with Crippen LogP contribution < -0.4 is 29.6 Å². The molecule has 0 aliphatic rings. The Morgan fingerprint density at radius 1 is 0.846 bits per heavy atom. The monoisotopic (exact) mass is 360 g/mol. The molecule has 0 atom stereocenters. The number of hydrogen-bond donors (Lipinski definition) is 2. The Labute approximate surface area is 153 Å². The summed E-state index contributed by atoms with van der Waals surface area (Å²) in [5.41, 5.74) is 1.50. The van der Waals surface area contributed by atoms with E-state index in [0.717, 1.165) is 11.4 Å². The summed E-state index contributed by atoms with van der Waals surface area (Å²) in [6.45, 7) is 0.503. The van der Waals surface area contributed by atoms with Crippen LogP contribution in [0.5, 0.6) is 23.0 Å². The zero-order chi connectivity index (χ0) is 18.9. The molecule has 0 aliphatic heterocycles. The van der Waals surface area contributed by atoms with E-state index < -0.39 is 0 Å². The van der Waals surface area contributed by atoms with E-state index in [2.05, 4.69) is 10.6 Å². The number of benzene rings is 2. The summed E-state index contributed by atoms with van der Waals surface area (Å²) in [6.07, 6.45) is 0.308. The third kappa shape index (κ3) is 4.95. The van der Waals surface area contributed by atoms with Gasteiger partial charge in [0.25, 0.3) is 0 Å². The molecule has 2 rings (SSSR count). The number of hydrogen-bond acceptors (Lipinski definition) is 6. The highest BCUT2D eigenvalue weighted by atomic mass is 16.5. The highest BCUT2D eigenvalue weighted by molar-refractivity contribution is 5.91. The topological polar surface area (TPSA) is 78.1 Å². The van der Waals surface area contributed by atoms with E-state index in [9.17, 15) is 4.79 Å². The van der Waals surface area contributed by atoms with E-state index in [1.54, 1.807) is 19.2 Å². The smallest absolute Gasteiger partial charge is 0.226 e. The van der Waals surface area contributed by atoms with Gasteiger partial charge in [-0.05, 0) is 24.3 Å². The van der Waals surface area contributed by atoms with Gasteiger partial charge in [-0.15, -0.1) is 0 Å². The second-order valence-electron chi connectivity index (χ2n) is 5.37. The molecule has 140 valence electrons. The first-order chi connectivity index (χ1) is 12.6. The Hall–Kier alpha value is -3.09. The van der Waals surface area contributed by atoms with Crippen molar-refractivity contribution in [2.24, 2.45) is 0 Å². The molecule has 0 heterocycles. The minimum Gasteiger partial charge on any atom is -0.497 e. The molecule has 7 nitrogen and oxygen atoms in total. The molecule has 0 bridgehead atoms. The molecule has 2 aromatic rings. The van der Waals surface area contributed by atoms with Gasteiger partial charge in [0, 0.05) is 36.5 Å². The SMILES string of the molecule is COc1ccc(NCCC(=O)Nc2cc(OC)c(OC)c(OC)c2)cc1. The van der Waals surface area contributed by atoms with Crippen molar-refractivity contribution in [3.8, 4) is 23.0 Å². The zero-order valence-electron chi connectivity index (χ0n) is 15.4. The number of ether oxygens (including phenoxy) is 4. The summed E-state index contributed by atoms with van der Waals surface area (Å²) in [5.74, 6) is 2.11. The molecule has 0 fully saturated rings. The van der Waals surface area contributed by atoms with E-state index in [4.69, 9.17) is 18.9 Å².